The van der Waals surface area contributed by atoms with Crippen LogP contribution in [0.25, 0.3) is 21.8 Å². The Morgan fingerprint density at radius 3 is 2.73 bits per heavy atom. The molecule has 1 N–H and O–H groups in total. The fourth-order valence-electron chi connectivity index (χ4n) is 4.10. The summed E-state index contributed by atoms with van der Waals surface area (Å²) in [5.74, 6) is 1.56. The van der Waals surface area contributed by atoms with Crippen LogP contribution in [0.1, 0.15) is 11.3 Å². The minimum atomic E-state index is -0.0569. The van der Waals surface area contributed by atoms with Crippen LogP contribution in [0.5, 0.6) is 11.6 Å². The first kappa shape index (κ1) is 21.1. The second-order valence-electron chi connectivity index (χ2n) is 7.95. The largest absolute Gasteiger partial charge is 0.435 e. The zero-order chi connectivity index (χ0) is 23.1. The summed E-state index contributed by atoms with van der Waals surface area (Å²) >= 11 is 6.60. The normalized spacial score (nSPS) is 14.2. The number of pyridine rings is 1. The lowest BCUT2D eigenvalue weighted by Gasteiger charge is -2.35. The number of hydrogen-bond donors (Lipinski definition) is 1. The molecule has 1 amide bonds. The zero-order valence-electron chi connectivity index (χ0n) is 18.3. The van der Waals surface area contributed by atoms with Gasteiger partial charge in [0.1, 0.15) is 17.7 Å². The number of nitrogens with zero attached hydrogens (tertiary/aromatic N) is 6. The van der Waals surface area contributed by atoms with Gasteiger partial charge < -0.3 is 14.5 Å². The molecule has 0 saturated carbocycles. The van der Waals surface area contributed by atoms with Crippen molar-refractivity contribution in [2.24, 2.45) is 0 Å². The van der Waals surface area contributed by atoms with Gasteiger partial charge in [-0.25, -0.2) is 15.0 Å². The van der Waals surface area contributed by atoms with Gasteiger partial charge in [0.05, 0.1) is 27.5 Å². The summed E-state index contributed by atoms with van der Waals surface area (Å²) in [6.45, 7) is 9.89. The fourth-order valence-corrected chi connectivity index (χ4v) is 4.29. The van der Waals surface area contributed by atoms with Gasteiger partial charge in [-0.2, -0.15) is 5.10 Å². The SMILES string of the molecule is C=CC(=O)N1CCN(c2ncnc3c(Oc4c(Cl)c(C)cc5[nH]ncc45)nc(C)cc23)CC1. The Kier molecular flexibility index (Phi) is 5.33. The number of nitrogens with one attached hydrogen (secondary N) is 1. The number of rotatable bonds is 4. The highest BCUT2D eigenvalue weighted by molar-refractivity contribution is 6.34. The lowest BCUT2D eigenvalue weighted by molar-refractivity contribution is -0.126. The maximum Gasteiger partial charge on any atom is 0.246 e. The molecule has 4 heterocycles. The molecule has 3 aromatic heterocycles. The number of amides is 1. The molecule has 1 aliphatic heterocycles. The van der Waals surface area contributed by atoms with Crippen LogP contribution >= 0.6 is 11.6 Å². The van der Waals surface area contributed by atoms with Crippen LogP contribution in [-0.4, -0.2) is 62.1 Å². The minimum Gasteiger partial charge on any atom is -0.435 e. The van der Waals surface area contributed by atoms with E-state index in [1.54, 1.807) is 11.1 Å². The summed E-state index contributed by atoms with van der Waals surface area (Å²) in [4.78, 5) is 29.5. The van der Waals surface area contributed by atoms with Crippen LogP contribution in [0.3, 0.4) is 0 Å². The molecule has 0 aliphatic carbocycles. The molecule has 33 heavy (non-hydrogen) atoms. The van der Waals surface area contributed by atoms with Crippen LogP contribution < -0.4 is 9.64 Å². The molecule has 0 unspecified atom stereocenters. The summed E-state index contributed by atoms with van der Waals surface area (Å²) in [7, 11) is 0. The Morgan fingerprint density at radius 1 is 1.18 bits per heavy atom. The van der Waals surface area contributed by atoms with Gasteiger partial charge in [0.15, 0.2) is 5.75 Å². The van der Waals surface area contributed by atoms with E-state index in [-0.39, 0.29) is 5.91 Å². The quantitative estimate of drug-likeness (QED) is 0.459. The third-order valence-electron chi connectivity index (χ3n) is 5.78. The standard InChI is InChI=1S/C23H22ClN7O2/c1-4-18(32)30-5-7-31(8-6-30)22-15-10-14(3)28-23(20(15)25-12-26-22)33-21-16-11-27-29-17(16)9-13(2)19(21)24/h4,9-12H,1,5-8H2,2-3H3,(H,27,29). The zero-order valence-corrected chi connectivity index (χ0v) is 19.1. The van der Waals surface area contributed by atoms with Crippen molar-refractivity contribution in [3.05, 3.63) is 53.6 Å². The van der Waals surface area contributed by atoms with Crippen LogP contribution in [0.2, 0.25) is 5.02 Å². The maximum absolute atomic E-state index is 11.9. The van der Waals surface area contributed by atoms with Gasteiger partial charge in [-0.3, -0.25) is 9.89 Å². The molecule has 10 heteroatoms. The number of aryl methyl sites for hydroxylation is 2. The number of carbonyl (C=O) groups excluding carboxylic acids is 1. The van der Waals surface area contributed by atoms with E-state index in [4.69, 9.17) is 16.3 Å². The second-order valence-corrected chi connectivity index (χ2v) is 8.33. The van der Waals surface area contributed by atoms with Gasteiger partial charge in [0.25, 0.3) is 0 Å². The molecule has 9 nitrogen and oxygen atoms in total. The van der Waals surface area contributed by atoms with Crippen LogP contribution in [0.4, 0.5) is 5.82 Å². The molecule has 0 bridgehead atoms. The predicted molar refractivity (Wildman–Crippen MR) is 127 cm³/mol. The summed E-state index contributed by atoms with van der Waals surface area (Å²) in [5, 5.41) is 9.16. The van der Waals surface area contributed by atoms with E-state index in [0.29, 0.717) is 48.3 Å². The van der Waals surface area contributed by atoms with Crippen molar-refractivity contribution >= 4 is 45.1 Å². The van der Waals surface area contributed by atoms with E-state index in [1.165, 1.54) is 12.4 Å². The predicted octanol–water partition coefficient (Wildman–Crippen LogP) is 3.80. The number of piperazine rings is 1. The van der Waals surface area contributed by atoms with E-state index < -0.39 is 0 Å². The molecule has 0 spiro atoms. The van der Waals surface area contributed by atoms with Crippen molar-refractivity contribution in [3.63, 3.8) is 0 Å². The first-order chi connectivity index (χ1) is 16.0. The molecular formula is C23H22ClN7O2. The maximum atomic E-state index is 11.9. The Balaban J connectivity index is 1.55. The Hall–Kier alpha value is -3.72. The van der Waals surface area contributed by atoms with Gasteiger partial charge in [-0.05, 0) is 37.6 Å². The highest BCUT2D eigenvalue weighted by Crippen LogP contribution is 2.40. The van der Waals surface area contributed by atoms with Crippen molar-refractivity contribution in [3.8, 4) is 11.6 Å². The molecule has 4 aromatic rings. The van der Waals surface area contributed by atoms with E-state index in [0.717, 1.165) is 33.4 Å². The second kappa shape index (κ2) is 8.32. The van der Waals surface area contributed by atoms with E-state index in [2.05, 4.69) is 36.6 Å². The van der Waals surface area contributed by atoms with Crippen molar-refractivity contribution in [1.82, 2.24) is 30.0 Å². The number of carbonyl (C=O) groups is 1. The highest BCUT2D eigenvalue weighted by atomic mass is 35.5. The smallest absolute Gasteiger partial charge is 0.246 e. The fraction of sp³-hybridized carbons (Fsp3) is 0.261. The van der Waals surface area contributed by atoms with Gasteiger partial charge in [0, 0.05) is 31.9 Å². The average Bonchev–Trinajstić information content (AvgIpc) is 3.29. The summed E-state index contributed by atoms with van der Waals surface area (Å²) in [5.41, 5.74) is 3.04. The van der Waals surface area contributed by atoms with Gasteiger partial charge in [0.2, 0.25) is 11.8 Å². The number of hydrogen-bond acceptors (Lipinski definition) is 7. The first-order valence-corrected chi connectivity index (χ1v) is 10.9. The lowest BCUT2D eigenvalue weighted by Crippen LogP contribution is -2.48. The third kappa shape index (κ3) is 3.74. The molecule has 1 aliphatic rings. The molecule has 5 rings (SSSR count). The van der Waals surface area contributed by atoms with Crippen molar-refractivity contribution in [2.75, 3.05) is 31.1 Å². The summed E-state index contributed by atoms with van der Waals surface area (Å²) < 4.78 is 6.29. The molecule has 1 fully saturated rings. The van der Waals surface area contributed by atoms with E-state index in [9.17, 15) is 4.79 Å². The Bertz CT molecular complexity index is 1390. The van der Waals surface area contributed by atoms with Crippen LogP contribution in [0.15, 0.2) is 37.3 Å². The number of aromatic nitrogens is 5. The first-order valence-electron chi connectivity index (χ1n) is 10.5. The van der Waals surface area contributed by atoms with E-state index in [1.807, 2.05) is 26.0 Å². The lowest BCUT2D eigenvalue weighted by atomic mass is 10.1. The van der Waals surface area contributed by atoms with E-state index >= 15 is 0 Å². The molecule has 0 radical (unpaired) electrons. The molecule has 1 saturated heterocycles. The average molecular weight is 464 g/mol. The highest BCUT2D eigenvalue weighted by Gasteiger charge is 2.24. The van der Waals surface area contributed by atoms with Crippen molar-refractivity contribution < 1.29 is 9.53 Å². The van der Waals surface area contributed by atoms with Crippen LogP contribution in [-0.2, 0) is 4.79 Å². The van der Waals surface area contributed by atoms with Crippen LogP contribution in [0, 0.1) is 13.8 Å². The molecular weight excluding hydrogens is 442 g/mol. The number of H-pyrrole nitrogens is 1. The number of fused-ring (bicyclic) bond motifs is 2. The number of aromatic amines is 1. The summed E-state index contributed by atoms with van der Waals surface area (Å²) in [6, 6.07) is 3.88. The monoisotopic (exact) mass is 463 g/mol. The topological polar surface area (TPSA) is 100 Å². The van der Waals surface area contributed by atoms with Gasteiger partial charge in [-0.15, -0.1) is 0 Å². The summed E-state index contributed by atoms with van der Waals surface area (Å²) in [6.07, 6.45) is 4.54. The van der Waals surface area contributed by atoms with Crippen molar-refractivity contribution in [1.29, 1.82) is 0 Å². The van der Waals surface area contributed by atoms with Crippen molar-refractivity contribution in [2.45, 2.75) is 13.8 Å². The minimum absolute atomic E-state index is 0.0569. The number of ether oxygens (including phenoxy) is 1. The van der Waals surface area contributed by atoms with Gasteiger partial charge in [-0.1, -0.05) is 18.2 Å². The number of halogens is 1. The Morgan fingerprint density at radius 2 is 1.97 bits per heavy atom. The van der Waals surface area contributed by atoms with Gasteiger partial charge >= 0.3 is 0 Å². The molecule has 168 valence electrons. The third-order valence-corrected chi connectivity index (χ3v) is 6.25. The number of anilines is 1. The molecule has 0 atom stereocenters. The number of benzene rings is 1. The Labute approximate surface area is 195 Å². The molecule has 1 aromatic carbocycles.